The summed E-state index contributed by atoms with van der Waals surface area (Å²) in [6, 6.07) is 5.82. The van der Waals surface area contributed by atoms with Crippen LogP contribution in [0.1, 0.15) is 36.0 Å². The lowest BCUT2D eigenvalue weighted by Gasteiger charge is -2.21. The molecule has 0 fully saturated rings. The fourth-order valence-corrected chi connectivity index (χ4v) is 3.36. The number of aliphatic imine (C=N–C) groups is 1. The molecule has 0 saturated heterocycles. The smallest absolute Gasteiger partial charge is 0.191 e. The van der Waals surface area contributed by atoms with E-state index in [4.69, 9.17) is 0 Å². The van der Waals surface area contributed by atoms with E-state index < -0.39 is 0 Å². The highest BCUT2D eigenvalue weighted by Gasteiger charge is 2.16. The van der Waals surface area contributed by atoms with Crippen LogP contribution in [0.5, 0.6) is 5.75 Å². The molecule has 6 nitrogen and oxygen atoms in total. The van der Waals surface area contributed by atoms with Crippen LogP contribution in [0.25, 0.3) is 0 Å². The molecule has 1 heterocycles. The molecular formula is C19H27N5O. The molecule has 0 spiro atoms. The van der Waals surface area contributed by atoms with E-state index in [0.717, 1.165) is 43.9 Å². The van der Waals surface area contributed by atoms with Crippen molar-refractivity contribution >= 4 is 5.96 Å². The molecule has 3 rings (SSSR count). The van der Waals surface area contributed by atoms with Gasteiger partial charge in [0.15, 0.2) is 5.96 Å². The second kappa shape index (κ2) is 8.55. The molecule has 0 amide bonds. The number of nitrogens with one attached hydrogen (secondary N) is 2. The van der Waals surface area contributed by atoms with Crippen molar-refractivity contribution in [1.29, 1.82) is 0 Å². The number of nitrogens with zero attached hydrogens (tertiary/aromatic N) is 3. The van der Waals surface area contributed by atoms with Crippen molar-refractivity contribution < 1.29 is 5.11 Å². The second-order valence-electron chi connectivity index (χ2n) is 6.38. The van der Waals surface area contributed by atoms with Gasteiger partial charge in [-0.25, -0.2) is 0 Å². The number of aromatic nitrogens is 2. The minimum Gasteiger partial charge on any atom is -0.508 e. The molecule has 0 saturated carbocycles. The van der Waals surface area contributed by atoms with Crippen LogP contribution in [0.2, 0.25) is 0 Å². The average Bonchev–Trinajstić information content (AvgIpc) is 3.16. The van der Waals surface area contributed by atoms with Gasteiger partial charge in [-0.1, -0.05) is 6.07 Å². The van der Waals surface area contributed by atoms with Crippen molar-refractivity contribution in [3.63, 3.8) is 0 Å². The fraction of sp³-hybridized carbons (Fsp3) is 0.474. The van der Waals surface area contributed by atoms with Gasteiger partial charge < -0.3 is 15.7 Å². The molecule has 1 aliphatic carbocycles. The lowest BCUT2D eigenvalue weighted by molar-refractivity contribution is 0.464. The first-order valence-corrected chi connectivity index (χ1v) is 9.02. The molecule has 0 radical (unpaired) electrons. The van der Waals surface area contributed by atoms with Crippen LogP contribution in [-0.4, -0.2) is 34.4 Å². The summed E-state index contributed by atoms with van der Waals surface area (Å²) < 4.78 is 1.92. The zero-order chi connectivity index (χ0) is 17.5. The highest BCUT2D eigenvalue weighted by Crippen LogP contribution is 2.30. The quantitative estimate of drug-likeness (QED) is 0.428. The van der Waals surface area contributed by atoms with Gasteiger partial charge in [0, 0.05) is 44.6 Å². The Morgan fingerprint density at radius 2 is 2.16 bits per heavy atom. The monoisotopic (exact) mass is 341 g/mol. The molecule has 3 N–H and O–H groups in total. The lowest BCUT2D eigenvalue weighted by Crippen LogP contribution is -2.37. The van der Waals surface area contributed by atoms with Gasteiger partial charge >= 0.3 is 0 Å². The van der Waals surface area contributed by atoms with E-state index in [1.165, 1.54) is 24.0 Å². The van der Waals surface area contributed by atoms with E-state index in [0.29, 0.717) is 12.3 Å². The molecule has 134 valence electrons. The zero-order valence-corrected chi connectivity index (χ0v) is 14.8. The number of aryl methyl sites for hydroxylation is 2. The van der Waals surface area contributed by atoms with Crippen LogP contribution in [0.4, 0.5) is 0 Å². The Labute approximate surface area is 149 Å². The van der Waals surface area contributed by atoms with Gasteiger partial charge in [0.05, 0.1) is 0 Å². The third-order valence-electron chi connectivity index (χ3n) is 4.70. The number of fused-ring (bicyclic) bond motifs is 1. The first kappa shape index (κ1) is 17.3. The number of phenols is 1. The van der Waals surface area contributed by atoms with Gasteiger partial charge in [-0.05, 0) is 55.4 Å². The van der Waals surface area contributed by atoms with E-state index in [1.54, 1.807) is 13.2 Å². The van der Waals surface area contributed by atoms with Crippen molar-refractivity contribution in [2.75, 3.05) is 13.6 Å². The molecule has 1 aromatic heterocycles. The summed E-state index contributed by atoms with van der Waals surface area (Å²) >= 11 is 0. The van der Waals surface area contributed by atoms with E-state index in [2.05, 4.69) is 26.8 Å². The number of guanidine groups is 1. The summed E-state index contributed by atoms with van der Waals surface area (Å²) in [4.78, 5) is 4.27. The molecule has 1 aromatic carbocycles. The lowest BCUT2D eigenvalue weighted by atomic mass is 9.88. The molecule has 1 aliphatic rings. The minimum atomic E-state index is 0.377. The number of hydrogen-bond acceptors (Lipinski definition) is 3. The van der Waals surface area contributed by atoms with E-state index >= 15 is 0 Å². The Morgan fingerprint density at radius 1 is 1.28 bits per heavy atom. The fourth-order valence-electron chi connectivity index (χ4n) is 3.36. The van der Waals surface area contributed by atoms with Crippen molar-refractivity contribution in [3.8, 4) is 5.75 Å². The van der Waals surface area contributed by atoms with Crippen LogP contribution in [0, 0.1) is 0 Å². The van der Waals surface area contributed by atoms with Crippen LogP contribution in [-0.2, 0) is 25.9 Å². The van der Waals surface area contributed by atoms with Crippen LogP contribution in [0.3, 0.4) is 0 Å². The normalized spacial score (nSPS) is 14.2. The van der Waals surface area contributed by atoms with Crippen LogP contribution < -0.4 is 10.6 Å². The maximum atomic E-state index is 10.3. The maximum Gasteiger partial charge on any atom is 0.191 e. The predicted octanol–water partition coefficient (Wildman–Crippen LogP) is 2.22. The largest absolute Gasteiger partial charge is 0.508 e. The van der Waals surface area contributed by atoms with Gasteiger partial charge in [0.25, 0.3) is 0 Å². The van der Waals surface area contributed by atoms with Crippen molar-refractivity contribution in [2.45, 2.75) is 45.2 Å². The molecule has 2 aromatic rings. The molecular weight excluding hydrogens is 314 g/mol. The van der Waals surface area contributed by atoms with Gasteiger partial charge in [0.2, 0.25) is 0 Å². The van der Waals surface area contributed by atoms with Gasteiger partial charge in [-0.2, -0.15) is 5.10 Å². The average molecular weight is 341 g/mol. The van der Waals surface area contributed by atoms with E-state index in [1.807, 2.05) is 23.0 Å². The molecule has 6 heteroatoms. The second-order valence-corrected chi connectivity index (χ2v) is 6.38. The third-order valence-corrected chi connectivity index (χ3v) is 4.70. The SMILES string of the molecule is CN=C(NCCCn1cccn1)NCc1c(O)ccc2c1CCCC2. The van der Waals surface area contributed by atoms with Crippen molar-refractivity contribution in [3.05, 3.63) is 47.3 Å². The number of benzene rings is 1. The van der Waals surface area contributed by atoms with Crippen LogP contribution >= 0.6 is 0 Å². The Kier molecular flexibility index (Phi) is 5.93. The minimum absolute atomic E-state index is 0.377. The first-order valence-electron chi connectivity index (χ1n) is 9.02. The maximum absolute atomic E-state index is 10.3. The molecule has 0 unspecified atom stereocenters. The highest BCUT2D eigenvalue weighted by molar-refractivity contribution is 5.79. The Morgan fingerprint density at radius 3 is 2.96 bits per heavy atom. The summed E-state index contributed by atoms with van der Waals surface area (Å²) in [5.74, 6) is 1.13. The summed E-state index contributed by atoms with van der Waals surface area (Å²) in [5.41, 5.74) is 3.70. The number of aromatic hydroxyl groups is 1. The molecule has 0 aliphatic heterocycles. The number of rotatable bonds is 6. The van der Waals surface area contributed by atoms with Crippen molar-refractivity contribution in [2.24, 2.45) is 4.99 Å². The standard InChI is InChI=1S/C19H27N5O/c1-20-19(21-10-4-12-24-13-5-11-23-24)22-14-17-16-7-3-2-6-15(16)8-9-18(17)25/h5,8-9,11,13,25H,2-4,6-7,10,12,14H2,1H3,(H2,20,21,22). The predicted molar refractivity (Wildman–Crippen MR) is 99.8 cm³/mol. The van der Waals surface area contributed by atoms with Crippen molar-refractivity contribution in [1.82, 2.24) is 20.4 Å². The van der Waals surface area contributed by atoms with Gasteiger partial charge in [-0.3, -0.25) is 9.67 Å². The number of hydrogen-bond donors (Lipinski definition) is 3. The summed E-state index contributed by atoms with van der Waals surface area (Å²) in [6.07, 6.45) is 9.33. The topological polar surface area (TPSA) is 74.5 Å². The molecule has 0 bridgehead atoms. The van der Waals surface area contributed by atoms with E-state index in [9.17, 15) is 5.11 Å². The van der Waals surface area contributed by atoms with E-state index in [-0.39, 0.29) is 0 Å². The third kappa shape index (κ3) is 4.53. The molecule has 0 atom stereocenters. The Bertz CT molecular complexity index is 709. The van der Waals surface area contributed by atoms with Gasteiger partial charge in [-0.15, -0.1) is 0 Å². The Balaban J connectivity index is 1.51. The van der Waals surface area contributed by atoms with Crippen LogP contribution in [0.15, 0.2) is 35.6 Å². The summed E-state index contributed by atoms with van der Waals surface area (Å²) in [5, 5.41) is 21.1. The van der Waals surface area contributed by atoms with Gasteiger partial charge in [0.1, 0.15) is 5.75 Å². The first-order chi connectivity index (χ1) is 12.3. The summed E-state index contributed by atoms with van der Waals surface area (Å²) in [7, 11) is 1.77. The number of phenolic OH excluding ortho intramolecular Hbond substituents is 1. The Hall–Kier alpha value is -2.50. The molecule has 25 heavy (non-hydrogen) atoms. The zero-order valence-electron chi connectivity index (χ0n) is 14.8. The highest BCUT2D eigenvalue weighted by atomic mass is 16.3. The summed E-state index contributed by atoms with van der Waals surface area (Å²) in [6.45, 7) is 2.29.